The van der Waals surface area contributed by atoms with Gasteiger partial charge >= 0.3 is 0 Å². The van der Waals surface area contributed by atoms with E-state index in [1.54, 1.807) is 7.11 Å². The molecule has 0 amide bonds. The zero-order chi connectivity index (χ0) is 14.7. The SMILES string of the molecule is COc1cc(-c2ccccc2)cc(-c2cccc(Cl)c2)c1. The van der Waals surface area contributed by atoms with Gasteiger partial charge in [0.25, 0.3) is 0 Å². The second-order valence-electron chi connectivity index (χ2n) is 4.83. The smallest absolute Gasteiger partial charge is 0.120 e. The first kappa shape index (κ1) is 13.7. The number of hydrogen-bond donors (Lipinski definition) is 0. The molecule has 0 N–H and O–H groups in total. The molecule has 0 unspecified atom stereocenters. The van der Waals surface area contributed by atoms with Gasteiger partial charge in [0, 0.05) is 5.02 Å². The average molecular weight is 295 g/mol. The summed E-state index contributed by atoms with van der Waals surface area (Å²) in [5.41, 5.74) is 4.47. The molecule has 3 rings (SSSR count). The van der Waals surface area contributed by atoms with Gasteiger partial charge in [0.05, 0.1) is 7.11 Å². The van der Waals surface area contributed by atoms with Crippen molar-refractivity contribution in [1.82, 2.24) is 0 Å². The second-order valence-corrected chi connectivity index (χ2v) is 5.26. The van der Waals surface area contributed by atoms with Crippen LogP contribution in [0.5, 0.6) is 5.75 Å². The summed E-state index contributed by atoms with van der Waals surface area (Å²) in [6, 6.07) is 24.4. The van der Waals surface area contributed by atoms with Crippen LogP contribution in [0.15, 0.2) is 72.8 Å². The highest BCUT2D eigenvalue weighted by molar-refractivity contribution is 6.30. The van der Waals surface area contributed by atoms with Gasteiger partial charge in [-0.15, -0.1) is 0 Å². The molecule has 0 radical (unpaired) electrons. The van der Waals surface area contributed by atoms with Crippen LogP contribution in [0, 0.1) is 0 Å². The van der Waals surface area contributed by atoms with Crippen LogP contribution >= 0.6 is 11.6 Å². The molecule has 104 valence electrons. The van der Waals surface area contributed by atoms with Gasteiger partial charge < -0.3 is 4.74 Å². The minimum atomic E-state index is 0.733. The molecule has 0 atom stereocenters. The predicted octanol–water partition coefficient (Wildman–Crippen LogP) is 5.68. The largest absolute Gasteiger partial charge is 0.497 e. The van der Waals surface area contributed by atoms with E-state index < -0.39 is 0 Å². The molecule has 21 heavy (non-hydrogen) atoms. The van der Waals surface area contributed by atoms with Crippen LogP contribution in [-0.2, 0) is 0 Å². The van der Waals surface area contributed by atoms with Crippen LogP contribution < -0.4 is 4.74 Å². The molecule has 0 saturated carbocycles. The van der Waals surface area contributed by atoms with Gasteiger partial charge in [0.2, 0.25) is 0 Å². The van der Waals surface area contributed by atoms with Gasteiger partial charge in [-0.2, -0.15) is 0 Å². The minimum Gasteiger partial charge on any atom is -0.497 e. The normalized spacial score (nSPS) is 10.4. The van der Waals surface area contributed by atoms with Gasteiger partial charge in [0.15, 0.2) is 0 Å². The van der Waals surface area contributed by atoms with E-state index in [1.165, 1.54) is 5.56 Å². The number of benzene rings is 3. The average Bonchev–Trinajstić information content (AvgIpc) is 2.55. The van der Waals surface area contributed by atoms with Gasteiger partial charge in [-0.3, -0.25) is 0 Å². The summed E-state index contributed by atoms with van der Waals surface area (Å²) in [5.74, 6) is 0.839. The fraction of sp³-hybridized carbons (Fsp3) is 0.0526. The second kappa shape index (κ2) is 6.02. The van der Waals surface area contributed by atoms with E-state index in [0.717, 1.165) is 27.5 Å². The van der Waals surface area contributed by atoms with Crippen molar-refractivity contribution in [3.63, 3.8) is 0 Å². The van der Waals surface area contributed by atoms with Crippen LogP contribution in [0.3, 0.4) is 0 Å². The Kier molecular flexibility index (Phi) is 3.94. The third-order valence-electron chi connectivity index (χ3n) is 3.41. The van der Waals surface area contributed by atoms with Crippen molar-refractivity contribution in [2.75, 3.05) is 7.11 Å². The first-order valence-corrected chi connectivity index (χ1v) is 7.14. The molecule has 0 aliphatic carbocycles. The van der Waals surface area contributed by atoms with Crippen LogP contribution in [0.2, 0.25) is 5.02 Å². The lowest BCUT2D eigenvalue weighted by atomic mass is 9.98. The Morgan fingerprint density at radius 3 is 2.00 bits per heavy atom. The Bertz CT molecular complexity index is 751. The lowest BCUT2D eigenvalue weighted by Crippen LogP contribution is -1.87. The summed E-state index contributed by atoms with van der Waals surface area (Å²) in [6.45, 7) is 0. The van der Waals surface area contributed by atoms with E-state index in [2.05, 4.69) is 24.3 Å². The van der Waals surface area contributed by atoms with Crippen molar-refractivity contribution >= 4 is 11.6 Å². The number of hydrogen-bond acceptors (Lipinski definition) is 1. The first-order chi connectivity index (χ1) is 10.3. The maximum Gasteiger partial charge on any atom is 0.120 e. The third-order valence-corrected chi connectivity index (χ3v) is 3.64. The molecule has 0 bridgehead atoms. The Balaban J connectivity index is 2.14. The summed E-state index contributed by atoms with van der Waals surface area (Å²) >= 11 is 6.09. The molecule has 0 saturated heterocycles. The zero-order valence-electron chi connectivity index (χ0n) is 11.7. The fourth-order valence-corrected chi connectivity index (χ4v) is 2.54. The van der Waals surface area contributed by atoms with Crippen molar-refractivity contribution in [2.45, 2.75) is 0 Å². The first-order valence-electron chi connectivity index (χ1n) is 6.77. The lowest BCUT2D eigenvalue weighted by molar-refractivity contribution is 0.415. The molecule has 0 heterocycles. The molecule has 0 aromatic heterocycles. The summed E-state index contributed by atoms with van der Waals surface area (Å²) in [5, 5.41) is 0.733. The van der Waals surface area contributed by atoms with Gasteiger partial charge in [0.1, 0.15) is 5.75 Å². The van der Waals surface area contributed by atoms with Gasteiger partial charge in [-0.25, -0.2) is 0 Å². The lowest BCUT2D eigenvalue weighted by Gasteiger charge is -2.10. The maximum absolute atomic E-state index is 6.09. The summed E-state index contributed by atoms with van der Waals surface area (Å²) < 4.78 is 5.44. The molecule has 1 nitrogen and oxygen atoms in total. The number of halogens is 1. The highest BCUT2D eigenvalue weighted by Gasteiger charge is 2.06. The Morgan fingerprint density at radius 2 is 1.33 bits per heavy atom. The van der Waals surface area contributed by atoms with Crippen LogP contribution in [0.1, 0.15) is 0 Å². The zero-order valence-corrected chi connectivity index (χ0v) is 12.5. The molecular formula is C19H15ClO. The van der Waals surface area contributed by atoms with Crippen molar-refractivity contribution in [1.29, 1.82) is 0 Å². The molecule has 0 aliphatic rings. The standard InChI is InChI=1S/C19H15ClO/c1-21-19-12-16(14-6-3-2-4-7-14)10-17(13-19)15-8-5-9-18(20)11-15/h2-13H,1H3. The Labute approximate surface area is 129 Å². The summed E-state index contributed by atoms with van der Waals surface area (Å²) in [6.07, 6.45) is 0. The molecule has 0 aliphatic heterocycles. The minimum absolute atomic E-state index is 0.733. The van der Waals surface area contributed by atoms with Crippen molar-refractivity contribution in [3.05, 3.63) is 77.8 Å². The molecule has 3 aromatic carbocycles. The van der Waals surface area contributed by atoms with Crippen LogP contribution in [0.4, 0.5) is 0 Å². The monoisotopic (exact) mass is 294 g/mol. The summed E-state index contributed by atoms with van der Waals surface area (Å²) in [7, 11) is 1.69. The van der Waals surface area contributed by atoms with E-state index in [-0.39, 0.29) is 0 Å². The highest BCUT2D eigenvalue weighted by Crippen LogP contribution is 2.32. The summed E-state index contributed by atoms with van der Waals surface area (Å²) in [4.78, 5) is 0. The van der Waals surface area contributed by atoms with Crippen molar-refractivity contribution in [3.8, 4) is 28.0 Å². The molecule has 2 heteroatoms. The molecule has 0 spiro atoms. The molecule has 3 aromatic rings. The Hall–Kier alpha value is -2.25. The third kappa shape index (κ3) is 3.09. The van der Waals surface area contributed by atoms with Crippen molar-refractivity contribution in [2.24, 2.45) is 0 Å². The van der Waals surface area contributed by atoms with Crippen LogP contribution in [-0.4, -0.2) is 7.11 Å². The number of rotatable bonds is 3. The van der Waals surface area contributed by atoms with E-state index in [1.807, 2.05) is 48.5 Å². The van der Waals surface area contributed by atoms with Gasteiger partial charge in [-0.1, -0.05) is 54.1 Å². The quantitative estimate of drug-likeness (QED) is 0.603. The Morgan fingerprint density at radius 1 is 0.667 bits per heavy atom. The molecule has 0 fully saturated rings. The fourth-order valence-electron chi connectivity index (χ4n) is 2.35. The predicted molar refractivity (Wildman–Crippen MR) is 88.9 cm³/mol. The van der Waals surface area contributed by atoms with Crippen molar-refractivity contribution < 1.29 is 4.74 Å². The topological polar surface area (TPSA) is 9.23 Å². The number of ether oxygens (including phenoxy) is 1. The van der Waals surface area contributed by atoms with E-state index in [9.17, 15) is 0 Å². The highest BCUT2D eigenvalue weighted by atomic mass is 35.5. The van der Waals surface area contributed by atoms with E-state index in [0.29, 0.717) is 0 Å². The van der Waals surface area contributed by atoms with E-state index in [4.69, 9.17) is 16.3 Å². The molecular weight excluding hydrogens is 280 g/mol. The maximum atomic E-state index is 6.09. The van der Waals surface area contributed by atoms with Crippen LogP contribution in [0.25, 0.3) is 22.3 Å². The van der Waals surface area contributed by atoms with E-state index >= 15 is 0 Å². The van der Waals surface area contributed by atoms with Gasteiger partial charge in [-0.05, 0) is 52.6 Å². The number of methoxy groups -OCH3 is 1.